The van der Waals surface area contributed by atoms with E-state index in [2.05, 4.69) is 4.90 Å². The Kier molecular flexibility index (Phi) is 1.87. The molecule has 0 spiro atoms. The zero-order valence-electron chi connectivity index (χ0n) is 6.74. The Hall–Kier alpha value is -0.120. The van der Waals surface area contributed by atoms with Crippen LogP contribution in [0.1, 0.15) is 6.42 Å². The number of fused-ring (bicyclic) bond motifs is 1. The Bertz CT molecular complexity index is 141. The van der Waals surface area contributed by atoms with Crippen LogP contribution in [0.2, 0.25) is 0 Å². The highest BCUT2D eigenvalue weighted by molar-refractivity contribution is 4.97. The third-order valence-electron chi connectivity index (χ3n) is 2.80. The quantitative estimate of drug-likeness (QED) is 0.565. The van der Waals surface area contributed by atoms with Gasteiger partial charge in [0.2, 0.25) is 0 Å². The number of β-amino-alcohol motifs (C(OH)–C–C–N with tert-alkyl or cyclic N) is 1. The molecule has 2 rings (SSSR count). The van der Waals surface area contributed by atoms with Crippen molar-refractivity contribution in [3.8, 4) is 0 Å². The average molecular weight is 156 g/mol. The summed E-state index contributed by atoms with van der Waals surface area (Å²) in [5, 5.41) is 9.25. The Morgan fingerprint density at radius 2 is 2.09 bits per heavy atom. The zero-order chi connectivity index (χ0) is 7.84. The number of hydrogen-bond donors (Lipinski definition) is 2. The van der Waals surface area contributed by atoms with E-state index >= 15 is 0 Å². The van der Waals surface area contributed by atoms with Gasteiger partial charge in [0.05, 0.1) is 6.10 Å². The number of hydrogen-bond acceptors (Lipinski definition) is 3. The molecule has 3 unspecified atom stereocenters. The van der Waals surface area contributed by atoms with Gasteiger partial charge in [-0.25, -0.2) is 0 Å². The second kappa shape index (κ2) is 2.73. The van der Waals surface area contributed by atoms with Crippen molar-refractivity contribution in [1.29, 1.82) is 0 Å². The van der Waals surface area contributed by atoms with Crippen molar-refractivity contribution in [3.05, 3.63) is 0 Å². The van der Waals surface area contributed by atoms with Crippen LogP contribution in [-0.2, 0) is 0 Å². The van der Waals surface area contributed by atoms with Crippen LogP contribution in [-0.4, -0.2) is 42.3 Å². The number of nitrogens with two attached hydrogens (primary N) is 1. The van der Waals surface area contributed by atoms with Crippen molar-refractivity contribution in [3.63, 3.8) is 0 Å². The maximum atomic E-state index is 9.25. The van der Waals surface area contributed by atoms with Gasteiger partial charge in [0, 0.05) is 26.2 Å². The van der Waals surface area contributed by atoms with Crippen LogP contribution in [0.4, 0.5) is 0 Å². The maximum Gasteiger partial charge on any atom is 0.0789 e. The van der Waals surface area contributed by atoms with Crippen molar-refractivity contribution in [2.75, 3.05) is 26.2 Å². The molecule has 3 heteroatoms. The molecule has 3 nitrogen and oxygen atoms in total. The van der Waals surface area contributed by atoms with Crippen LogP contribution in [0, 0.1) is 11.8 Å². The molecule has 11 heavy (non-hydrogen) atoms. The van der Waals surface area contributed by atoms with E-state index in [4.69, 9.17) is 5.73 Å². The first kappa shape index (κ1) is 7.53. The highest BCUT2D eigenvalue weighted by Crippen LogP contribution is 2.44. The van der Waals surface area contributed by atoms with Crippen LogP contribution < -0.4 is 5.73 Å². The number of piperidine rings is 1. The first-order chi connectivity index (χ1) is 5.29. The Morgan fingerprint density at radius 3 is 2.64 bits per heavy atom. The summed E-state index contributed by atoms with van der Waals surface area (Å²) in [6, 6.07) is 0. The molecule has 3 atom stereocenters. The molecule has 0 bridgehead atoms. The van der Waals surface area contributed by atoms with Crippen molar-refractivity contribution >= 4 is 0 Å². The van der Waals surface area contributed by atoms with Gasteiger partial charge in [-0.2, -0.15) is 0 Å². The van der Waals surface area contributed by atoms with E-state index in [1.54, 1.807) is 0 Å². The first-order valence-corrected chi connectivity index (χ1v) is 4.40. The molecule has 0 radical (unpaired) electrons. The summed E-state index contributed by atoms with van der Waals surface area (Å²) in [6.45, 7) is 3.57. The van der Waals surface area contributed by atoms with E-state index in [1.807, 2.05) is 0 Å². The van der Waals surface area contributed by atoms with Gasteiger partial charge in [-0.1, -0.05) is 0 Å². The van der Waals surface area contributed by atoms with Gasteiger partial charge in [-0.3, -0.25) is 0 Å². The summed E-state index contributed by atoms with van der Waals surface area (Å²) in [5.41, 5.74) is 5.32. The third-order valence-corrected chi connectivity index (χ3v) is 2.80. The SMILES string of the molecule is NCC(O)CN1CC2CC2C1. The van der Waals surface area contributed by atoms with Crippen molar-refractivity contribution in [1.82, 2.24) is 4.90 Å². The van der Waals surface area contributed by atoms with Gasteiger partial charge in [-0.05, 0) is 18.3 Å². The topological polar surface area (TPSA) is 49.5 Å². The second-order valence-corrected chi connectivity index (χ2v) is 3.86. The number of rotatable bonds is 3. The van der Waals surface area contributed by atoms with Gasteiger partial charge >= 0.3 is 0 Å². The van der Waals surface area contributed by atoms with Crippen LogP contribution in [0.25, 0.3) is 0 Å². The van der Waals surface area contributed by atoms with Crippen LogP contribution in [0.3, 0.4) is 0 Å². The molecule has 1 heterocycles. The smallest absolute Gasteiger partial charge is 0.0789 e. The van der Waals surface area contributed by atoms with E-state index in [1.165, 1.54) is 19.5 Å². The fourth-order valence-electron chi connectivity index (χ4n) is 2.02. The summed E-state index contributed by atoms with van der Waals surface area (Å²) < 4.78 is 0. The molecule has 1 aliphatic carbocycles. The number of aliphatic hydroxyl groups excluding tert-OH is 1. The molecule has 64 valence electrons. The third kappa shape index (κ3) is 1.55. The summed E-state index contributed by atoms with van der Waals surface area (Å²) in [6.07, 6.45) is 1.11. The van der Waals surface area contributed by atoms with Crippen LogP contribution in [0.5, 0.6) is 0 Å². The lowest BCUT2D eigenvalue weighted by Crippen LogP contribution is -2.36. The standard InChI is InChI=1S/C8H16N2O/c9-2-8(11)5-10-3-6-1-7(6)4-10/h6-8,11H,1-5,9H2. The lowest BCUT2D eigenvalue weighted by Gasteiger charge is -2.19. The molecule has 3 N–H and O–H groups in total. The van der Waals surface area contributed by atoms with Crippen LogP contribution in [0.15, 0.2) is 0 Å². The Morgan fingerprint density at radius 1 is 1.45 bits per heavy atom. The normalized spacial score (nSPS) is 38.7. The highest BCUT2D eigenvalue weighted by atomic mass is 16.3. The largest absolute Gasteiger partial charge is 0.390 e. The van der Waals surface area contributed by atoms with E-state index < -0.39 is 0 Å². The van der Waals surface area contributed by atoms with Crippen LogP contribution >= 0.6 is 0 Å². The first-order valence-electron chi connectivity index (χ1n) is 4.40. The molecule has 0 amide bonds. The fraction of sp³-hybridized carbons (Fsp3) is 1.00. The Balaban J connectivity index is 1.71. The summed E-state index contributed by atoms with van der Waals surface area (Å²) >= 11 is 0. The average Bonchev–Trinajstić information content (AvgIpc) is 2.60. The Labute approximate surface area is 67.2 Å². The van der Waals surface area contributed by atoms with Crippen molar-refractivity contribution in [2.45, 2.75) is 12.5 Å². The molecular formula is C8H16N2O. The highest BCUT2D eigenvalue weighted by Gasteiger charge is 2.44. The number of likely N-dealkylation sites (tertiary alicyclic amines) is 1. The lowest BCUT2D eigenvalue weighted by atomic mass is 10.3. The summed E-state index contributed by atoms with van der Waals surface area (Å²) in [4.78, 5) is 2.33. The zero-order valence-corrected chi connectivity index (χ0v) is 6.74. The molecule has 0 aromatic rings. The van der Waals surface area contributed by atoms with E-state index in [0.717, 1.165) is 18.4 Å². The lowest BCUT2D eigenvalue weighted by molar-refractivity contribution is 0.125. The predicted octanol–water partition coefficient (Wildman–Crippen LogP) is -0.742. The van der Waals surface area contributed by atoms with Gasteiger partial charge in [0.25, 0.3) is 0 Å². The molecular weight excluding hydrogens is 140 g/mol. The van der Waals surface area contributed by atoms with E-state index in [0.29, 0.717) is 6.54 Å². The molecule has 2 fully saturated rings. The molecule has 2 aliphatic rings. The van der Waals surface area contributed by atoms with Gasteiger partial charge in [0.15, 0.2) is 0 Å². The molecule has 1 saturated carbocycles. The molecule has 1 aliphatic heterocycles. The minimum atomic E-state index is -0.313. The van der Waals surface area contributed by atoms with E-state index in [9.17, 15) is 5.11 Å². The predicted molar refractivity (Wildman–Crippen MR) is 43.1 cm³/mol. The number of nitrogens with zero attached hydrogens (tertiary/aromatic N) is 1. The minimum absolute atomic E-state index is 0.313. The van der Waals surface area contributed by atoms with Crippen molar-refractivity contribution < 1.29 is 5.11 Å². The van der Waals surface area contributed by atoms with Gasteiger partial charge < -0.3 is 15.7 Å². The second-order valence-electron chi connectivity index (χ2n) is 3.86. The van der Waals surface area contributed by atoms with Crippen molar-refractivity contribution in [2.24, 2.45) is 17.6 Å². The van der Waals surface area contributed by atoms with Gasteiger partial charge in [-0.15, -0.1) is 0 Å². The maximum absolute atomic E-state index is 9.25. The van der Waals surface area contributed by atoms with E-state index in [-0.39, 0.29) is 6.10 Å². The minimum Gasteiger partial charge on any atom is -0.390 e. The molecule has 0 aromatic heterocycles. The molecule has 0 aromatic carbocycles. The fourth-order valence-corrected chi connectivity index (χ4v) is 2.02. The summed E-state index contributed by atoms with van der Waals surface area (Å²) in [7, 11) is 0. The summed E-state index contributed by atoms with van der Waals surface area (Å²) in [5.74, 6) is 1.92. The monoisotopic (exact) mass is 156 g/mol. The van der Waals surface area contributed by atoms with Gasteiger partial charge in [0.1, 0.15) is 0 Å². The number of aliphatic hydroxyl groups is 1. The molecule has 1 saturated heterocycles.